The molecule has 1 atom stereocenters. The van der Waals surface area contributed by atoms with Gasteiger partial charge in [-0.1, -0.05) is 46.5 Å². The van der Waals surface area contributed by atoms with Gasteiger partial charge in [0.1, 0.15) is 0 Å². The molecule has 0 saturated heterocycles. The van der Waals surface area contributed by atoms with E-state index in [4.69, 9.17) is 0 Å². The van der Waals surface area contributed by atoms with Gasteiger partial charge in [-0.2, -0.15) is 0 Å². The minimum atomic E-state index is 0.647. The third-order valence-corrected chi connectivity index (χ3v) is 3.37. The molecule has 0 heteroatoms. The van der Waals surface area contributed by atoms with Crippen LogP contribution in [0.5, 0.6) is 0 Å². The molecule has 11 heavy (non-hydrogen) atoms. The van der Waals surface area contributed by atoms with Crippen molar-refractivity contribution in [2.45, 2.75) is 59.3 Å². The zero-order valence-corrected chi connectivity index (χ0v) is 8.32. The van der Waals surface area contributed by atoms with Crippen molar-refractivity contribution in [3.05, 3.63) is 0 Å². The third kappa shape index (κ3) is 2.21. The summed E-state index contributed by atoms with van der Waals surface area (Å²) in [4.78, 5) is 0. The highest BCUT2D eigenvalue weighted by Crippen LogP contribution is 2.42. The molecule has 0 bridgehead atoms. The summed E-state index contributed by atoms with van der Waals surface area (Å²) in [5.74, 6) is 1.02. The van der Waals surface area contributed by atoms with E-state index in [1.54, 1.807) is 0 Å². The van der Waals surface area contributed by atoms with Crippen molar-refractivity contribution in [3.8, 4) is 0 Å². The van der Waals surface area contributed by atoms with Gasteiger partial charge in [-0.05, 0) is 24.2 Å². The molecule has 0 spiro atoms. The molecule has 1 aliphatic carbocycles. The van der Waals surface area contributed by atoms with Crippen LogP contribution in [0.15, 0.2) is 0 Å². The van der Waals surface area contributed by atoms with Gasteiger partial charge in [0.05, 0.1) is 0 Å². The van der Waals surface area contributed by atoms with E-state index in [9.17, 15) is 0 Å². The Morgan fingerprint density at radius 1 is 1.27 bits per heavy atom. The zero-order valence-electron chi connectivity index (χ0n) is 8.32. The summed E-state index contributed by atoms with van der Waals surface area (Å²) in [7, 11) is 0. The summed E-state index contributed by atoms with van der Waals surface area (Å²) in [5, 5.41) is 0. The molecule has 0 N–H and O–H groups in total. The maximum atomic E-state index is 2.45. The van der Waals surface area contributed by atoms with E-state index in [-0.39, 0.29) is 0 Å². The van der Waals surface area contributed by atoms with Crippen molar-refractivity contribution in [3.63, 3.8) is 0 Å². The van der Waals surface area contributed by atoms with Crippen LogP contribution in [0.3, 0.4) is 0 Å². The monoisotopic (exact) mass is 154 g/mol. The Labute approximate surface area is 71.4 Å². The first kappa shape index (κ1) is 9.09. The lowest BCUT2D eigenvalue weighted by atomic mass is 9.67. The lowest BCUT2D eigenvalue weighted by Gasteiger charge is -2.38. The van der Waals surface area contributed by atoms with E-state index < -0.39 is 0 Å². The summed E-state index contributed by atoms with van der Waals surface area (Å²) in [6.45, 7) is 7.21. The third-order valence-electron chi connectivity index (χ3n) is 3.37. The summed E-state index contributed by atoms with van der Waals surface area (Å²) in [6.07, 6.45) is 8.71. The van der Waals surface area contributed by atoms with Gasteiger partial charge in [0.15, 0.2) is 0 Å². The minimum absolute atomic E-state index is 0.647. The molecular formula is C11H22. The molecule has 0 aromatic rings. The molecule has 1 fully saturated rings. The van der Waals surface area contributed by atoms with Crippen molar-refractivity contribution >= 4 is 0 Å². The van der Waals surface area contributed by atoms with E-state index in [0.29, 0.717) is 5.41 Å². The van der Waals surface area contributed by atoms with Crippen molar-refractivity contribution in [2.24, 2.45) is 11.3 Å². The van der Waals surface area contributed by atoms with Crippen molar-refractivity contribution in [1.82, 2.24) is 0 Å². The second kappa shape index (κ2) is 3.60. The maximum Gasteiger partial charge on any atom is -0.0326 e. The summed E-state index contributed by atoms with van der Waals surface area (Å²) >= 11 is 0. The van der Waals surface area contributed by atoms with E-state index in [2.05, 4.69) is 20.8 Å². The van der Waals surface area contributed by atoms with Crippen LogP contribution >= 0.6 is 0 Å². The van der Waals surface area contributed by atoms with Gasteiger partial charge in [-0.25, -0.2) is 0 Å². The molecule has 0 aromatic carbocycles. The molecule has 1 aliphatic rings. The zero-order chi connectivity index (χ0) is 8.32. The Morgan fingerprint density at radius 3 is 2.55 bits per heavy atom. The molecular weight excluding hydrogens is 132 g/mol. The van der Waals surface area contributed by atoms with Gasteiger partial charge in [-0.3, -0.25) is 0 Å². The van der Waals surface area contributed by atoms with Crippen LogP contribution in [0.25, 0.3) is 0 Å². The molecule has 0 nitrogen and oxygen atoms in total. The van der Waals surface area contributed by atoms with Gasteiger partial charge >= 0.3 is 0 Å². The van der Waals surface area contributed by atoms with Crippen LogP contribution < -0.4 is 0 Å². The van der Waals surface area contributed by atoms with Crippen LogP contribution in [-0.4, -0.2) is 0 Å². The van der Waals surface area contributed by atoms with Crippen LogP contribution in [0.4, 0.5) is 0 Å². The fraction of sp³-hybridized carbons (Fsp3) is 1.00. The Balaban J connectivity index is 2.45. The van der Waals surface area contributed by atoms with Crippen molar-refractivity contribution < 1.29 is 0 Å². The van der Waals surface area contributed by atoms with Crippen molar-refractivity contribution in [2.75, 3.05) is 0 Å². The maximum absolute atomic E-state index is 2.45. The van der Waals surface area contributed by atoms with Gasteiger partial charge in [0.2, 0.25) is 0 Å². The van der Waals surface area contributed by atoms with Gasteiger partial charge in [0, 0.05) is 0 Å². The number of hydrogen-bond acceptors (Lipinski definition) is 0. The highest BCUT2D eigenvalue weighted by atomic mass is 14.4. The molecule has 66 valence electrons. The lowest BCUT2D eigenvalue weighted by Crippen LogP contribution is -2.27. The van der Waals surface area contributed by atoms with E-state index in [1.807, 2.05) is 0 Å². The Bertz CT molecular complexity index is 111. The first-order valence-electron chi connectivity index (χ1n) is 5.17. The Kier molecular flexibility index (Phi) is 2.98. The van der Waals surface area contributed by atoms with E-state index in [0.717, 1.165) is 5.92 Å². The normalized spacial score (nSPS) is 30.3. The quantitative estimate of drug-likeness (QED) is 0.564. The molecule has 0 radical (unpaired) electrons. The second-order valence-electron chi connectivity index (χ2n) is 4.72. The molecule has 1 unspecified atom stereocenters. The average molecular weight is 154 g/mol. The fourth-order valence-electron chi connectivity index (χ4n) is 2.45. The lowest BCUT2D eigenvalue weighted by molar-refractivity contribution is 0.128. The van der Waals surface area contributed by atoms with Crippen LogP contribution in [-0.2, 0) is 0 Å². The van der Waals surface area contributed by atoms with Gasteiger partial charge in [-0.15, -0.1) is 0 Å². The van der Waals surface area contributed by atoms with Crippen molar-refractivity contribution in [1.29, 1.82) is 0 Å². The second-order valence-corrected chi connectivity index (χ2v) is 4.72. The fourth-order valence-corrected chi connectivity index (χ4v) is 2.45. The van der Waals surface area contributed by atoms with E-state index >= 15 is 0 Å². The first-order valence-corrected chi connectivity index (χ1v) is 5.17. The van der Waals surface area contributed by atoms with Crippen LogP contribution in [0, 0.1) is 11.3 Å². The molecule has 1 saturated carbocycles. The van der Waals surface area contributed by atoms with Crippen LogP contribution in [0.2, 0.25) is 0 Å². The molecule has 0 aliphatic heterocycles. The van der Waals surface area contributed by atoms with Gasteiger partial charge in [0.25, 0.3) is 0 Å². The SMILES string of the molecule is CCCC1CCCCC1(C)C. The number of rotatable bonds is 2. The smallest absolute Gasteiger partial charge is 0.0326 e. The molecule has 0 aromatic heterocycles. The molecule has 1 rings (SSSR count). The highest BCUT2D eigenvalue weighted by Gasteiger charge is 2.30. The predicted octanol–water partition coefficient (Wildman–Crippen LogP) is 4.00. The standard InChI is InChI=1S/C11H22/c1-4-7-10-8-5-6-9-11(10,2)3/h10H,4-9H2,1-3H3. The van der Waals surface area contributed by atoms with E-state index in [1.165, 1.54) is 38.5 Å². The largest absolute Gasteiger partial charge is 0.0654 e. The van der Waals surface area contributed by atoms with Crippen LogP contribution in [0.1, 0.15) is 59.3 Å². The Morgan fingerprint density at radius 2 is 2.00 bits per heavy atom. The Hall–Kier alpha value is 0. The van der Waals surface area contributed by atoms with Gasteiger partial charge < -0.3 is 0 Å². The summed E-state index contributed by atoms with van der Waals surface area (Å²) < 4.78 is 0. The number of hydrogen-bond donors (Lipinski definition) is 0. The minimum Gasteiger partial charge on any atom is -0.0654 e. The molecule has 0 heterocycles. The topological polar surface area (TPSA) is 0 Å². The highest BCUT2D eigenvalue weighted by molar-refractivity contribution is 4.81. The first-order chi connectivity index (χ1) is 5.17. The summed E-state index contributed by atoms with van der Waals surface area (Å²) in [6, 6.07) is 0. The molecule has 0 amide bonds. The predicted molar refractivity (Wildman–Crippen MR) is 50.6 cm³/mol. The summed E-state index contributed by atoms with van der Waals surface area (Å²) in [5.41, 5.74) is 0.647. The average Bonchev–Trinajstić information content (AvgIpc) is 1.94.